The van der Waals surface area contributed by atoms with Crippen LogP contribution in [0.15, 0.2) is 218 Å². The van der Waals surface area contributed by atoms with Crippen LogP contribution in [0.2, 0.25) is 0 Å². The second-order valence-electron chi connectivity index (χ2n) is 18.4. The van der Waals surface area contributed by atoms with Crippen LogP contribution in [-0.2, 0) is 0 Å². The third kappa shape index (κ3) is 4.60. The zero-order valence-electron chi connectivity index (χ0n) is 36.1. The average molecular weight is 851 g/mol. The molecule has 2 aromatic heterocycles. The van der Waals surface area contributed by atoms with E-state index in [4.69, 9.17) is 4.74 Å². The highest BCUT2D eigenvalue weighted by molar-refractivity contribution is 7.02. The van der Waals surface area contributed by atoms with Crippen molar-refractivity contribution in [2.75, 3.05) is 9.80 Å². The molecular formula is C60H36B2N4O. The summed E-state index contributed by atoms with van der Waals surface area (Å²) in [5, 5.41) is 5.17. The molecule has 0 fully saturated rings. The standard InChI is InChI=1S/C60H36B2N4O/c1-4-18-37(19-5-1)63(38-20-6-2-7-21-38)40-32-54-57-56(33-40)67-55-31-17-13-27-46(55)62(57)47-35-48-53(36-52(47)64(54)39-22-8-3-9-23-39)66-50-29-15-11-25-42(50)44-34-43-41-24-10-14-28-49(41)65-51-30-16-12-26-45(51)61(48)58(59(43)65)60(44)66/h1-36H. The number of fused-ring (bicyclic) bond motifs is 16. The number of benzene rings is 10. The maximum absolute atomic E-state index is 7.13. The van der Waals surface area contributed by atoms with Gasteiger partial charge in [-0.15, -0.1) is 0 Å². The molecule has 0 spiro atoms. The highest BCUT2D eigenvalue weighted by Gasteiger charge is 2.46. The molecular weight excluding hydrogens is 814 g/mol. The Morgan fingerprint density at radius 3 is 1.60 bits per heavy atom. The fraction of sp³-hybridized carbons (Fsp3) is 0. The number of hydrogen-bond acceptors (Lipinski definition) is 3. The van der Waals surface area contributed by atoms with Crippen LogP contribution in [0.4, 0.5) is 34.1 Å². The van der Waals surface area contributed by atoms with Gasteiger partial charge in [-0.2, -0.15) is 0 Å². The van der Waals surface area contributed by atoms with E-state index in [-0.39, 0.29) is 13.4 Å². The van der Waals surface area contributed by atoms with Crippen molar-refractivity contribution < 1.29 is 4.74 Å². The van der Waals surface area contributed by atoms with Crippen molar-refractivity contribution in [2.24, 2.45) is 0 Å². The summed E-state index contributed by atoms with van der Waals surface area (Å²) in [5.74, 6) is 1.76. The molecule has 308 valence electrons. The molecule has 5 nitrogen and oxygen atoms in total. The number of para-hydroxylation sites is 7. The Morgan fingerprint density at radius 2 is 0.896 bits per heavy atom. The van der Waals surface area contributed by atoms with Crippen LogP contribution < -0.4 is 47.3 Å². The zero-order chi connectivity index (χ0) is 43.5. The fourth-order valence-corrected chi connectivity index (χ4v) is 12.5. The van der Waals surface area contributed by atoms with Crippen LogP contribution in [0.1, 0.15) is 0 Å². The number of anilines is 6. The second-order valence-corrected chi connectivity index (χ2v) is 18.4. The molecule has 12 aromatic rings. The van der Waals surface area contributed by atoms with Crippen molar-refractivity contribution in [3.8, 4) is 22.9 Å². The zero-order valence-corrected chi connectivity index (χ0v) is 36.1. The Hall–Kier alpha value is -8.67. The Labute approximate surface area is 387 Å². The van der Waals surface area contributed by atoms with Crippen LogP contribution in [-0.4, -0.2) is 22.6 Å². The van der Waals surface area contributed by atoms with Gasteiger partial charge in [-0.1, -0.05) is 133 Å². The van der Waals surface area contributed by atoms with Crippen molar-refractivity contribution in [2.45, 2.75) is 0 Å². The van der Waals surface area contributed by atoms with Crippen LogP contribution in [0.5, 0.6) is 11.5 Å². The average Bonchev–Trinajstić information content (AvgIpc) is 3.91. The molecule has 0 radical (unpaired) electrons. The van der Waals surface area contributed by atoms with Crippen LogP contribution in [0.25, 0.3) is 55.0 Å². The van der Waals surface area contributed by atoms with Crippen LogP contribution in [0, 0.1) is 0 Å². The lowest BCUT2D eigenvalue weighted by atomic mass is 9.31. The first kappa shape index (κ1) is 35.7. The molecule has 0 saturated carbocycles. The summed E-state index contributed by atoms with van der Waals surface area (Å²) in [5.41, 5.74) is 21.8. The van der Waals surface area contributed by atoms with Gasteiger partial charge in [-0.25, -0.2) is 0 Å². The molecule has 0 amide bonds. The molecule has 0 aliphatic carbocycles. The predicted octanol–water partition coefficient (Wildman–Crippen LogP) is 10.9. The first-order valence-corrected chi connectivity index (χ1v) is 23.3. The van der Waals surface area contributed by atoms with Crippen LogP contribution >= 0.6 is 0 Å². The minimum atomic E-state index is -0.0879. The summed E-state index contributed by atoms with van der Waals surface area (Å²) in [7, 11) is 0. The first-order valence-electron chi connectivity index (χ1n) is 23.3. The molecule has 10 aromatic carbocycles. The lowest BCUT2D eigenvalue weighted by molar-refractivity contribution is 0.487. The second kappa shape index (κ2) is 13.0. The van der Waals surface area contributed by atoms with Gasteiger partial charge in [0, 0.05) is 67.4 Å². The smallest absolute Gasteiger partial charge is 0.256 e. The molecule has 0 saturated heterocycles. The number of hydrogen-bond donors (Lipinski definition) is 0. The summed E-state index contributed by atoms with van der Waals surface area (Å²) in [6, 6.07) is 80.4. The summed E-state index contributed by atoms with van der Waals surface area (Å²) in [6.07, 6.45) is 0. The molecule has 0 bridgehead atoms. The minimum absolute atomic E-state index is 0.00475. The van der Waals surface area contributed by atoms with Gasteiger partial charge in [0.2, 0.25) is 0 Å². The molecule has 0 atom stereocenters. The van der Waals surface area contributed by atoms with Gasteiger partial charge >= 0.3 is 0 Å². The molecule has 6 heterocycles. The van der Waals surface area contributed by atoms with Crippen molar-refractivity contribution >= 4 is 124 Å². The number of rotatable bonds is 4. The Kier molecular flexibility index (Phi) is 6.91. The van der Waals surface area contributed by atoms with E-state index in [0.29, 0.717) is 0 Å². The van der Waals surface area contributed by atoms with Gasteiger partial charge in [-0.3, -0.25) is 0 Å². The lowest BCUT2D eigenvalue weighted by Gasteiger charge is -2.42. The molecule has 0 unspecified atom stereocenters. The predicted molar refractivity (Wildman–Crippen MR) is 280 cm³/mol. The van der Waals surface area contributed by atoms with E-state index in [2.05, 4.69) is 237 Å². The van der Waals surface area contributed by atoms with Crippen molar-refractivity contribution in [1.29, 1.82) is 0 Å². The summed E-state index contributed by atoms with van der Waals surface area (Å²) < 4.78 is 12.3. The Balaban J connectivity index is 1.05. The molecule has 4 aliphatic heterocycles. The van der Waals surface area contributed by atoms with Gasteiger partial charge in [0.05, 0.1) is 27.8 Å². The maximum Gasteiger partial charge on any atom is 0.256 e. The third-order valence-electron chi connectivity index (χ3n) is 15.1. The number of aromatic nitrogens is 2. The van der Waals surface area contributed by atoms with Crippen molar-refractivity contribution in [1.82, 2.24) is 9.13 Å². The van der Waals surface area contributed by atoms with Gasteiger partial charge in [0.25, 0.3) is 13.4 Å². The van der Waals surface area contributed by atoms with Gasteiger partial charge in [0.1, 0.15) is 11.5 Å². The largest absolute Gasteiger partial charge is 0.458 e. The highest BCUT2D eigenvalue weighted by atomic mass is 16.5. The van der Waals surface area contributed by atoms with E-state index in [0.717, 1.165) is 39.9 Å². The Morgan fingerprint density at radius 1 is 0.343 bits per heavy atom. The summed E-state index contributed by atoms with van der Waals surface area (Å²) in [4.78, 5) is 4.86. The van der Waals surface area contributed by atoms with Crippen molar-refractivity contribution in [3.63, 3.8) is 0 Å². The first-order chi connectivity index (χ1) is 33.3. The summed E-state index contributed by atoms with van der Waals surface area (Å²) >= 11 is 0. The molecule has 67 heavy (non-hydrogen) atoms. The van der Waals surface area contributed by atoms with E-state index < -0.39 is 0 Å². The summed E-state index contributed by atoms with van der Waals surface area (Å²) in [6.45, 7) is -0.0832. The topological polar surface area (TPSA) is 25.6 Å². The monoisotopic (exact) mass is 850 g/mol. The minimum Gasteiger partial charge on any atom is -0.458 e. The van der Waals surface area contributed by atoms with E-state index in [1.807, 2.05) is 0 Å². The lowest BCUT2D eigenvalue weighted by Crippen LogP contribution is -2.63. The molecule has 4 aliphatic rings. The SMILES string of the molecule is c1ccc(N(c2ccccc2)c2cc3c4c(c2)N(c2ccccc2)c2cc5c(cc2B4c2ccccc2O3)B2c3ccccc3-n3c4ccccc4c4cc6c7ccccc7n-5c6c2c43)cc1. The van der Waals surface area contributed by atoms with Crippen molar-refractivity contribution in [3.05, 3.63) is 218 Å². The highest BCUT2D eigenvalue weighted by Crippen LogP contribution is 2.48. The van der Waals surface area contributed by atoms with E-state index in [9.17, 15) is 0 Å². The van der Waals surface area contributed by atoms with Gasteiger partial charge in [0.15, 0.2) is 0 Å². The Bertz CT molecular complexity index is 4070. The quantitative estimate of drug-likeness (QED) is 0.165. The third-order valence-corrected chi connectivity index (χ3v) is 15.1. The fourth-order valence-electron chi connectivity index (χ4n) is 12.5. The molecule has 7 heteroatoms. The maximum atomic E-state index is 7.13. The van der Waals surface area contributed by atoms with E-state index in [1.165, 1.54) is 93.5 Å². The number of ether oxygens (including phenoxy) is 1. The van der Waals surface area contributed by atoms with Gasteiger partial charge in [-0.05, 0) is 112 Å². The van der Waals surface area contributed by atoms with Gasteiger partial charge < -0.3 is 23.7 Å². The number of nitrogens with zero attached hydrogens (tertiary/aromatic N) is 4. The normalized spacial score (nSPS) is 13.4. The van der Waals surface area contributed by atoms with E-state index >= 15 is 0 Å². The van der Waals surface area contributed by atoms with E-state index in [1.54, 1.807) is 0 Å². The molecule has 0 N–H and O–H groups in total. The van der Waals surface area contributed by atoms with Crippen LogP contribution in [0.3, 0.4) is 0 Å². The molecule has 16 rings (SSSR count).